The Morgan fingerprint density at radius 1 is 1.19 bits per heavy atom. The predicted octanol–water partition coefficient (Wildman–Crippen LogP) is 3.37. The normalized spacial score (nSPS) is 21.4. The van der Waals surface area contributed by atoms with Gasteiger partial charge in [-0.1, -0.05) is 39.5 Å². The fourth-order valence-electron chi connectivity index (χ4n) is 4.02. The molecule has 2 rings (SSSR count). The van der Waals surface area contributed by atoms with E-state index in [-0.39, 0.29) is 17.4 Å². The minimum Gasteiger partial charge on any atom is -0.323 e. The highest BCUT2D eigenvalue weighted by Crippen LogP contribution is 2.38. The van der Waals surface area contributed by atoms with E-state index in [1.165, 1.54) is 4.90 Å². The number of amides is 3. The molecule has 1 aliphatic carbocycles. The van der Waals surface area contributed by atoms with Crippen LogP contribution in [0.2, 0.25) is 0 Å². The number of imide groups is 1. The van der Waals surface area contributed by atoms with E-state index >= 15 is 0 Å². The van der Waals surface area contributed by atoms with Gasteiger partial charge < -0.3 is 5.32 Å². The summed E-state index contributed by atoms with van der Waals surface area (Å²) < 4.78 is 0. The number of carbonyl (C=O) groups is 2. The summed E-state index contributed by atoms with van der Waals surface area (Å²) in [5.74, 6) is 0.724. The lowest BCUT2D eigenvalue weighted by molar-refractivity contribution is -0.132. The van der Waals surface area contributed by atoms with Crippen molar-refractivity contribution in [3.8, 4) is 0 Å². The number of nitrogens with one attached hydrogen (secondary N) is 1. The van der Waals surface area contributed by atoms with E-state index in [2.05, 4.69) is 31.8 Å². The van der Waals surface area contributed by atoms with Crippen molar-refractivity contribution in [3.63, 3.8) is 0 Å². The highest BCUT2D eigenvalue weighted by atomic mass is 32.1. The number of nitrogens with zero attached hydrogens (tertiary/aromatic N) is 1. The van der Waals surface area contributed by atoms with E-state index in [0.29, 0.717) is 6.54 Å². The van der Waals surface area contributed by atoms with Crippen LogP contribution < -0.4 is 5.32 Å². The van der Waals surface area contributed by atoms with Crippen molar-refractivity contribution in [1.82, 2.24) is 10.2 Å². The van der Waals surface area contributed by atoms with Gasteiger partial charge in [0.2, 0.25) is 0 Å². The largest absolute Gasteiger partial charge is 0.325 e. The van der Waals surface area contributed by atoms with Crippen LogP contribution in [0.25, 0.3) is 0 Å². The third kappa shape index (κ3) is 3.08. The average molecular weight is 312 g/mol. The van der Waals surface area contributed by atoms with E-state index in [0.717, 1.165) is 57.1 Å². The van der Waals surface area contributed by atoms with Crippen LogP contribution in [-0.2, 0) is 4.79 Å². The zero-order chi connectivity index (χ0) is 15.5. The summed E-state index contributed by atoms with van der Waals surface area (Å²) in [7, 11) is 0. The van der Waals surface area contributed by atoms with Gasteiger partial charge in [-0.25, -0.2) is 4.79 Å². The van der Waals surface area contributed by atoms with Crippen LogP contribution in [0.5, 0.6) is 0 Å². The standard InChI is InChI=1S/C16H28N2O2S/c1-3-7-15(12-21,8-4-2)11-18-13(19)16(17-14(18)20)9-5-6-10-16/h21H,3-12H2,1-2H3,(H,17,20). The highest BCUT2D eigenvalue weighted by molar-refractivity contribution is 7.80. The first kappa shape index (κ1) is 16.7. The Balaban J connectivity index is 2.16. The summed E-state index contributed by atoms with van der Waals surface area (Å²) in [5, 5.41) is 2.97. The summed E-state index contributed by atoms with van der Waals surface area (Å²) in [4.78, 5) is 26.6. The summed E-state index contributed by atoms with van der Waals surface area (Å²) in [6.07, 6.45) is 7.77. The number of hydrogen-bond acceptors (Lipinski definition) is 3. The number of hydrogen-bond donors (Lipinski definition) is 2. The molecule has 0 atom stereocenters. The minimum absolute atomic E-state index is 0.00312. The van der Waals surface area contributed by atoms with Crippen LogP contribution in [0.1, 0.15) is 65.2 Å². The molecule has 0 bridgehead atoms. The molecule has 1 spiro atoms. The molecule has 1 aliphatic heterocycles. The molecule has 0 aromatic heterocycles. The Labute approximate surface area is 133 Å². The van der Waals surface area contributed by atoms with Crippen molar-refractivity contribution in [2.75, 3.05) is 12.3 Å². The third-order valence-electron chi connectivity index (χ3n) is 5.09. The number of rotatable bonds is 7. The molecule has 0 radical (unpaired) electrons. The highest BCUT2D eigenvalue weighted by Gasteiger charge is 2.53. The lowest BCUT2D eigenvalue weighted by atomic mass is 9.80. The van der Waals surface area contributed by atoms with Crippen molar-refractivity contribution in [2.24, 2.45) is 5.41 Å². The van der Waals surface area contributed by atoms with Gasteiger partial charge in [-0.2, -0.15) is 12.6 Å². The molecule has 21 heavy (non-hydrogen) atoms. The summed E-state index contributed by atoms with van der Waals surface area (Å²) >= 11 is 4.53. The number of carbonyl (C=O) groups excluding carboxylic acids is 2. The van der Waals surface area contributed by atoms with E-state index in [1.54, 1.807) is 0 Å². The maximum Gasteiger partial charge on any atom is 0.325 e. The molecular formula is C16H28N2O2S. The van der Waals surface area contributed by atoms with Gasteiger partial charge in [-0.05, 0) is 36.9 Å². The van der Waals surface area contributed by atoms with Crippen LogP contribution in [0.15, 0.2) is 0 Å². The SMILES string of the molecule is CCCC(CS)(CCC)CN1C(=O)NC2(CCCC2)C1=O. The van der Waals surface area contributed by atoms with E-state index in [4.69, 9.17) is 0 Å². The lowest BCUT2D eigenvalue weighted by Gasteiger charge is -2.35. The smallest absolute Gasteiger partial charge is 0.323 e. The van der Waals surface area contributed by atoms with Gasteiger partial charge in [0.15, 0.2) is 0 Å². The summed E-state index contributed by atoms with van der Waals surface area (Å²) in [5.41, 5.74) is -0.623. The molecule has 1 saturated heterocycles. The molecule has 1 N–H and O–H groups in total. The van der Waals surface area contributed by atoms with Crippen LogP contribution in [0, 0.1) is 5.41 Å². The summed E-state index contributed by atoms with van der Waals surface area (Å²) in [6, 6.07) is -0.194. The molecule has 120 valence electrons. The zero-order valence-corrected chi connectivity index (χ0v) is 14.2. The van der Waals surface area contributed by atoms with Crippen molar-refractivity contribution in [2.45, 2.75) is 70.8 Å². The second kappa shape index (κ2) is 6.59. The Hall–Kier alpha value is -0.710. The first-order valence-corrected chi connectivity index (χ1v) is 8.91. The zero-order valence-electron chi connectivity index (χ0n) is 13.3. The lowest BCUT2D eigenvalue weighted by Crippen LogP contribution is -2.46. The van der Waals surface area contributed by atoms with E-state index < -0.39 is 5.54 Å². The maximum atomic E-state index is 12.8. The van der Waals surface area contributed by atoms with Gasteiger partial charge in [0.05, 0.1) is 0 Å². The summed E-state index contributed by atoms with van der Waals surface area (Å²) in [6.45, 7) is 4.82. The number of urea groups is 1. The Morgan fingerprint density at radius 3 is 2.24 bits per heavy atom. The predicted molar refractivity (Wildman–Crippen MR) is 87.5 cm³/mol. The maximum absolute atomic E-state index is 12.8. The third-order valence-corrected chi connectivity index (χ3v) is 5.76. The van der Waals surface area contributed by atoms with Crippen LogP contribution in [0.3, 0.4) is 0 Å². The van der Waals surface area contributed by atoms with Crippen molar-refractivity contribution in [3.05, 3.63) is 0 Å². The molecule has 2 aliphatic rings. The topological polar surface area (TPSA) is 49.4 Å². The molecule has 1 heterocycles. The second-order valence-corrected chi connectivity index (χ2v) is 7.09. The Morgan fingerprint density at radius 2 is 1.76 bits per heavy atom. The second-order valence-electron chi connectivity index (χ2n) is 6.77. The van der Waals surface area contributed by atoms with Crippen LogP contribution in [0.4, 0.5) is 4.79 Å². The van der Waals surface area contributed by atoms with Gasteiger partial charge in [0, 0.05) is 6.54 Å². The Bertz CT molecular complexity index is 399. The molecule has 0 aromatic carbocycles. The molecule has 4 nitrogen and oxygen atoms in total. The molecule has 3 amide bonds. The Kier molecular flexibility index (Phi) is 5.23. The molecule has 1 saturated carbocycles. The van der Waals surface area contributed by atoms with Crippen molar-refractivity contribution >= 4 is 24.6 Å². The van der Waals surface area contributed by atoms with E-state index in [9.17, 15) is 9.59 Å². The van der Waals surface area contributed by atoms with E-state index in [1.807, 2.05) is 0 Å². The molecule has 5 heteroatoms. The van der Waals surface area contributed by atoms with Gasteiger partial charge in [-0.3, -0.25) is 9.69 Å². The average Bonchev–Trinajstić information content (AvgIpc) is 3.01. The van der Waals surface area contributed by atoms with Gasteiger partial charge in [-0.15, -0.1) is 0 Å². The van der Waals surface area contributed by atoms with Crippen LogP contribution in [-0.4, -0.2) is 34.7 Å². The number of thiol groups is 1. The molecule has 0 aromatic rings. The monoisotopic (exact) mass is 312 g/mol. The van der Waals surface area contributed by atoms with Gasteiger partial charge >= 0.3 is 6.03 Å². The quantitative estimate of drug-likeness (QED) is 0.559. The first-order valence-electron chi connectivity index (χ1n) is 8.27. The van der Waals surface area contributed by atoms with Crippen molar-refractivity contribution < 1.29 is 9.59 Å². The molecular weight excluding hydrogens is 284 g/mol. The fraction of sp³-hybridized carbons (Fsp3) is 0.875. The van der Waals surface area contributed by atoms with Gasteiger partial charge in [0.1, 0.15) is 5.54 Å². The van der Waals surface area contributed by atoms with Crippen molar-refractivity contribution in [1.29, 1.82) is 0 Å². The molecule has 2 fully saturated rings. The van der Waals surface area contributed by atoms with Crippen LogP contribution >= 0.6 is 12.6 Å². The fourth-order valence-corrected chi connectivity index (χ4v) is 4.44. The first-order chi connectivity index (χ1) is 10.0. The minimum atomic E-state index is -0.585. The van der Waals surface area contributed by atoms with Gasteiger partial charge in [0.25, 0.3) is 5.91 Å². The molecule has 0 unspecified atom stereocenters.